The molecule has 1 saturated carbocycles. The summed E-state index contributed by atoms with van der Waals surface area (Å²) in [7, 11) is -2.18. The molecule has 6 nitrogen and oxygen atoms in total. The van der Waals surface area contributed by atoms with Crippen LogP contribution in [0.15, 0.2) is 23.1 Å². The normalized spacial score (nSPS) is 21.9. The lowest BCUT2D eigenvalue weighted by Gasteiger charge is -2.28. The highest BCUT2D eigenvalue weighted by molar-refractivity contribution is 7.89. The highest BCUT2D eigenvalue weighted by Crippen LogP contribution is 2.26. The van der Waals surface area contributed by atoms with Gasteiger partial charge in [-0.2, -0.15) is 0 Å². The van der Waals surface area contributed by atoms with Gasteiger partial charge in [-0.3, -0.25) is 4.79 Å². The summed E-state index contributed by atoms with van der Waals surface area (Å²) in [6.45, 7) is 1.72. The molecule has 1 aliphatic carbocycles. The van der Waals surface area contributed by atoms with E-state index in [1.54, 1.807) is 19.1 Å². The molecular formula is C16H25N3O3S. The minimum atomic E-state index is -3.54. The SMILES string of the molecule is CNS(=O)(=O)c1cc(NC(=O)CC2CCCCC2N)ccc1C. The molecule has 1 amide bonds. The van der Waals surface area contributed by atoms with E-state index in [0.717, 1.165) is 25.7 Å². The predicted octanol–water partition coefficient (Wildman–Crippen LogP) is 1.75. The summed E-state index contributed by atoms with van der Waals surface area (Å²) in [6, 6.07) is 4.96. The molecule has 0 spiro atoms. The third kappa shape index (κ3) is 4.53. The number of nitrogens with one attached hydrogen (secondary N) is 2. The molecule has 0 bridgehead atoms. The molecule has 0 aromatic heterocycles. The molecule has 128 valence electrons. The zero-order valence-corrected chi connectivity index (χ0v) is 14.4. The van der Waals surface area contributed by atoms with E-state index in [1.165, 1.54) is 13.1 Å². The van der Waals surface area contributed by atoms with Crippen LogP contribution in [0.1, 0.15) is 37.7 Å². The molecule has 0 heterocycles. The fraction of sp³-hybridized carbons (Fsp3) is 0.562. The molecule has 0 aliphatic heterocycles. The molecule has 0 saturated heterocycles. The first-order chi connectivity index (χ1) is 10.8. The van der Waals surface area contributed by atoms with Crippen LogP contribution in [0.25, 0.3) is 0 Å². The minimum Gasteiger partial charge on any atom is -0.327 e. The summed E-state index contributed by atoms with van der Waals surface area (Å²) in [5, 5.41) is 2.79. The lowest BCUT2D eigenvalue weighted by molar-refractivity contribution is -0.117. The van der Waals surface area contributed by atoms with Crippen molar-refractivity contribution in [2.45, 2.75) is 50.0 Å². The molecule has 23 heavy (non-hydrogen) atoms. The Kier molecular flexibility index (Phi) is 5.78. The number of anilines is 1. The van der Waals surface area contributed by atoms with E-state index in [4.69, 9.17) is 5.73 Å². The summed E-state index contributed by atoms with van der Waals surface area (Å²) in [5.41, 5.74) is 7.19. The number of carbonyl (C=O) groups is 1. The average Bonchev–Trinajstić information content (AvgIpc) is 2.51. The van der Waals surface area contributed by atoms with Crippen LogP contribution in [0, 0.1) is 12.8 Å². The van der Waals surface area contributed by atoms with Crippen molar-refractivity contribution < 1.29 is 13.2 Å². The van der Waals surface area contributed by atoms with E-state index in [1.807, 2.05) is 0 Å². The Labute approximate surface area is 137 Å². The van der Waals surface area contributed by atoms with Gasteiger partial charge >= 0.3 is 0 Å². The molecule has 0 radical (unpaired) electrons. The van der Waals surface area contributed by atoms with E-state index in [-0.39, 0.29) is 22.8 Å². The number of hydrogen-bond donors (Lipinski definition) is 3. The highest BCUT2D eigenvalue weighted by Gasteiger charge is 2.24. The van der Waals surface area contributed by atoms with Gasteiger partial charge in [0, 0.05) is 18.2 Å². The van der Waals surface area contributed by atoms with Crippen LogP contribution in [0.5, 0.6) is 0 Å². The Hall–Kier alpha value is -1.44. The molecule has 1 aromatic carbocycles. The Morgan fingerprint density at radius 2 is 2.00 bits per heavy atom. The summed E-state index contributed by atoms with van der Waals surface area (Å²) < 4.78 is 26.3. The van der Waals surface area contributed by atoms with Gasteiger partial charge in [0.25, 0.3) is 0 Å². The van der Waals surface area contributed by atoms with Crippen molar-refractivity contribution in [3.63, 3.8) is 0 Å². The third-order valence-corrected chi connectivity index (χ3v) is 6.00. The minimum absolute atomic E-state index is 0.0766. The van der Waals surface area contributed by atoms with Crippen LogP contribution in [-0.2, 0) is 14.8 Å². The lowest BCUT2D eigenvalue weighted by Crippen LogP contribution is -2.35. The zero-order chi connectivity index (χ0) is 17.0. The number of aryl methyl sites for hydroxylation is 1. The molecule has 2 unspecified atom stereocenters. The smallest absolute Gasteiger partial charge is 0.240 e. The highest BCUT2D eigenvalue weighted by atomic mass is 32.2. The van der Waals surface area contributed by atoms with Crippen LogP contribution in [0.3, 0.4) is 0 Å². The number of amides is 1. The number of nitrogens with two attached hydrogens (primary N) is 1. The van der Waals surface area contributed by atoms with Crippen LogP contribution in [0.2, 0.25) is 0 Å². The maximum absolute atomic E-state index is 12.2. The summed E-state index contributed by atoms with van der Waals surface area (Å²) >= 11 is 0. The maximum atomic E-state index is 12.2. The first-order valence-corrected chi connectivity index (χ1v) is 9.41. The number of rotatable bonds is 5. The second kappa shape index (κ2) is 7.42. The van der Waals surface area contributed by atoms with Crippen molar-refractivity contribution in [2.75, 3.05) is 12.4 Å². The Bertz CT molecular complexity index is 673. The van der Waals surface area contributed by atoms with E-state index < -0.39 is 10.0 Å². The van der Waals surface area contributed by atoms with Gasteiger partial charge in [-0.05, 0) is 50.4 Å². The van der Waals surface area contributed by atoms with E-state index >= 15 is 0 Å². The summed E-state index contributed by atoms with van der Waals surface area (Å²) in [4.78, 5) is 12.4. The number of hydrogen-bond acceptors (Lipinski definition) is 4. The van der Waals surface area contributed by atoms with Gasteiger partial charge in [0.15, 0.2) is 0 Å². The largest absolute Gasteiger partial charge is 0.327 e. The van der Waals surface area contributed by atoms with Crippen LogP contribution >= 0.6 is 0 Å². The quantitative estimate of drug-likeness (QED) is 0.760. The topological polar surface area (TPSA) is 101 Å². The number of sulfonamides is 1. The lowest BCUT2D eigenvalue weighted by atomic mass is 9.83. The second-order valence-electron chi connectivity index (χ2n) is 6.15. The first-order valence-electron chi connectivity index (χ1n) is 7.93. The Morgan fingerprint density at radius 1 is 1.30 bits per heavy atom. The van der Waals surface area contributed by atoms with Crippen LogP contribution in [-0.4, -0.2) is 27.4 Å². The summed E-state index contributed by atoms with van der Waals surface area (Å²) in [5.74, 6) is 0.0821. The number of benzene rings is 1. The fourth-order valence-electron chi connectivity index (χ4n) is 3.02. The molecule has 2 atom stereocenters. The van der Waals surface area contributed by atoms with E-state index in [9.17, 15) is 13.2 Å². The van der Waals surface area contributed by atoms with Crippen LogP contribution in [0.4, 0.5) is 5.69 Å². The van der Waals surface area contributed by atoms with Crippen molar-refractivity contribution in [1.82, 2.24) is 4.72 Å². The zero-order valence-electron chi connectivity index (χ0n) is 13.6. The first kappa shape index (κ1) is 17.9. The number of carbonyl (C=O) groups excluding carboxylic acids is 1. The van der Waals surface area contributed by atoms with Crippen molar-refractivity contribution in [3.05, 3.63) is 23.8 Å². The van der Waals surface area contributed by atoms with Crippen molar-refractivity contribution in [1.29, 1.82) is 0 Å². The van der Waals surface area contributed by atoms with Gasteiger partial charge in [0.1, 0.15) is 0 Å². The molecule has 2 rings (SSSR count). The van der Waals surface area contributed by atoms with Gasteiger partial charge in [-0.1, -0.05) is 18.9 Å². The van der Waals surface area contributed by atoms with Gasteiger partial charge in [-0.25, -0.2) is 13.1 Å². The van der Waals surface area contributed by atoms with E-state index in [2.05, 4.69) is 10.0 Å². The molecular weight excluding hydrogens is 314 g/mol. The average molecular weight is 339 g/mol. The van der Waals surface area contributed by atoms with Gasteiger partial charge in [-0.15, -0.1) is 0 Å². The molecule has 1 aromatic rings. The molecule has 4 N–H and O–H groups in total. The molecule has 1 aliphatic rings. The maximum Gasteiger partial charge on any atom is 0.240 e. The third-order valence-electron chi connectivity index (χ3n) is 4.45. The Balaban J connectivity index is 2.08. The fourth-order valence-corrected chi connectivity index (χ4v) is 4.01. The molecule has 1 fully saturated rings. The van der Waals surface area contributed by atoms with Crippen molar-refractivity contribution in [2.24, 2.45) is 11.7 Å². The van der Waals surface area contributed by atoms with Crippen LogP contribution < -0.4 is 15.8 Å². The Morgan fingerprint density at radius 3 is 2.65 bits per heavy atom. The second-order valence-corrected chi connectivity index (χ2v) is 8.00. The molecule has 7 heteroatoms. The van der Waals surface area contributed by atoms with Gasteiger partial charge in [0.05, 0.1) is 4.90 Å². The van der Waals surface area contributed by atoms with Crippen molar-refractivity contribution >= 4 is 21.6 Å². The monoisotopic (exact) mass is 339 g/mol. The van der Waals surface area contributed by atoms with Gasteiger partial charge < -0.3 is 11.1 Å². The van der Waals surface area contributed by atoms with Crippen molar-refractivity contribution in [3.8, 4) is 0 Å². The van der Waals surface area contributed by atoms with E-state index in [0.29, 0.717) is 17.7 Å². The predicted molar refractivity (Wildman–Crippen MR) is 90.6 cm³/mol. The summed E-state index contributed by atoms with van der Waals surface area (Å²) in [6.07, 6.45) is 4.56. The van der Waals surface area contributed by atoms with Gasteiger partial charge in [0.2, 0.25) is 15.9 Å². The standard InChI is InChI=1S/C16H25N3O3S/c1-11-7-8-13(10-15(11)23(21,22)18-2)19-16(20)9-12-5-3-4-6-14(12)17/h7-8,10,12,14,18H,3-6,9,17H2,1-2H3,(H,19,20).